The van der Waals surface area contributed by atoms with Gasteiger partial charge in [-0.05, 0) is 30.5 Å². The maximum absolute atomic E-state index is 12.0. The minimum atomic E-state index is -4.28. The van der Waals surface area contributed by atoms with Crippen molar-refractivity contribution in [2.24, 2.45) is 0 Å². The van der Waals surface area contributed by atoms with E-state index in [9.17, 15) is 14.4 Å². The molecule has 1 aromatic heterocycles. The van der Waals surface area contributed by atoms with E-state index in [0.29, 0.717) is 29.9 Å². The average molecular weight is 295 g/mol. The lowest BCUT2D eigenvalue weighted by Crippen LogP contribution is -2.24. The third-order valence-electron chi connectivity index (χ3n) is 3.81. The summed E-state index contributed by atoms with van der Waals surface area (Å²) < 4.78 is 17.2. The third-order valence-corrected chi connectivity index (χ3v) is 5.81. The normalized spacial score (nSPS) is 12.6. The molecule has 0 saturated carbocycles. The molecule has 5 nitrogen and oxygen atoms in total. The molecule has 0 aliphatic rings. The van der Waals surface area contributed by atoms with Crippen molar-refractivity contribution in [3.63, 3.8) is 0 Å². The molecule has 0 fully saturated rings. The number of aromatic nitrogens is 1. The average Bonchev–Trinajstić information content (AvgIpc) is 2.93. The van der Waals surface area contributed by atoms with Crippen molar-refractivity contribution in [3.8, 4) is 11.5 Å². The molecule has 0 bridgehead atoms. The highest BCUT2D eigenvalue weighted by Gasteiger charge is 2.45. The number of benzene rings is 1. The largest absolute Gasteiger partial charge is 0.445 e. The molecular formula is C14H18NO4P. The van der Waals surface area contributed by atoms with Gasteiger partial charge in [-0.2, -0.15) is 0 Å². The highest BCUT2D eigenvalue weighted by atomic mass is 31.2. The molecule has 6 heteroatoms. The Kier molecular flexibility index (Phi) is 4.14. The molecule has 0 atom stereocenters. The molecule has 0 amide bonds. The molecule has 1 heterocycles. The van der Waals surface area contributed by atoms with Crippen LogP contribution in [0.15, 0.2) is 41.1 Å². The highest BCUT2D eigenvalue weighted by Crippen LogP contribution is 2.61. The van der Waals surface area contributed by atoms with E-state index in [4.69, 9.17) is 4.42 Å². The number of rotatable bonds is 5. The first kappa shape index (κ1) is 15.0. The van der Waals surface area contributed by atoms with Crippen LogP contribution in [0.2, 0.25) is 0 Å². The van der Waals surface area contributed by atoms with E-state index in [1.54, 1.807) is 32.0 Å². The van der Waals surface area contributed by atoms with Crippen LogP contribution in [-0.2, 0) is 9.72 Å². The fourth-order valence-electron chi connectivity index (χ4n) is 2.55. The second-order valence-corrected chi connectivity index (χ2v) is 6.64. The van der Waals surface area contributed by atoms with Crippen LogP contribution in [0, 0.1) is 0 Å². The molecule has 2 aromatic rings. The molecule has 20 heavy (non-hydrogen) atoms. The van der Waals surface area contributed by atoms with Gasteiger partial charge in [-0.15, -0.1) is 0 Å². The molecule has 2 N–H and O–H groups in total. The van der Waals surface area contributed by atoms with E-state index in [-0.39, 0.29) is 0 Å². The van der Waals surface area contributed by atoms with Crippen LogP contribution in [0.1, 0.15) is 32.3 Å². The fourth-order valence-corrected chi connectivity index (χ4v) is 3.85. The highest BCUT2D eigenvalue weighted by molar-refractivity contribution is 7.53. The zero-order chi connectivity index (χ0) is 14.8. The van der Waals surface area contributed by atoms with Crippen molar-refractivity contribution in [3.05, 3.63) is 42.3 Å². The van der Waals surface area contributed by atoms with Crippen LogP contribution >= 0.6 is 7.60 Å². The molecule has 0 unspecified atom stereocenters. The first-order chi connectivity index (χ1) is 9.44. The standard InChI is InChI=1S/C14H18NO4P/c1-3-14(4-2,20(16,17)18)12-7-5-6-11(10-12)13-15-8-9-19-13/h5-10H,3-4H2,1-2H3,(H2,16,17,18). The van der Waals surface area contributed by atoms with Crippen LogP contribution in [0.4, 0.5) is 0 Å². The molecule has 0 aliphatic heterocycles. The predicted molar refractivity (Wildman–Crippen MR) is 76.2 cm³/mol. The van der Waals surface area contributed by atoms with Gasteiger partial charge in [0.15, 0.2) is 0 Å². The molecule has 0 spiro atoms. The number of hydrogen-bond acceptors (Lipinski definition) is 3. The summed E-state index contributed by atoms with van der Waals surface area (Å²) >= 11 is 0. The van der Waals surface area contributed by atoms with Crippen molar-refractivity contribution >= 4 is 7.60 Å². The molecule has 1 aromatic carbocycles. The number of hydrogen-bond donors (Lipinski definition) is 2. The maximum atomic E-state index is 12.0. The minimum absolute atomic E-state index is 0.364. The third kappa shape index (κ3) is 2.44. The number of nitrogens with zero attached hydrogens (tertiary/aromatic N) is 1. The second kappa shape index (κ2) is 5.52. The van der Waals surface area contributed by atoms with Gasteiger partial charge in [-0.3, -0.25) is 4.57 Å². The number of oxazole rings is 1. The topological polar surface area (TPSA) is 83.6 Å². The smallest absolute Gasteiger partial charge is 0.335 e. The molecule has 108 valence electrons. The summed E-state index contributed by atoms with van der Waals surface area (Å²) in [6, 6.07) is 7.08. The lowest BCUT2D eigenvalue weighted by Gasteiger charge is -2.33. The minimum Gasteiger partial charge on any atom is -0.445 e. The zero-order valence-electron chi connectivity index (χ0n) is 11.5. The Labute approximate surface area is 117 Å². The second-order valence-electron chi connectivity index (χ2n) is 4.70. The molecule has 0 saturated heterocycles. The van der Waals surface area contributed by atoms with Gasteiger partial charge in [0.05, 0.1) is 11.4 Å². The van der Waals surface area contributed by atoms with Crippen molar-refractivity contribution in [1.82, 2.24) is 4.98 Å². The van der Waals surface area contributed by atoms with Crippen molar-refractivity contribution in [2.45, 2.75) is 31.8 Å². The van der Waals surface area contributed by atoms with Gasteiger partial charge in [0.1, 0.15) is 6.26 Å². The van der Waals surface area contributed by atoms with Crippen LogP contribution < -0.4 is 0 Å². The molecule has 0 aliphatic carbocycles. The quantitative estimate of drug-likeness (QED) is 0.824. The summed E-state index contributed by atoms with van der Waals surface area (Å²) in [6.07, 6.45) is 3.74. The lowest BCUT2D eigenvalue weighted by molar-refractivity contribution is 0.315. The summed E-state index contributed by atoms with van der Waals surface area (Å²) in [4.78, 5) is 23.6. The van der Waals surface area contributed by atoms with Gasteiger partial charge >= 0.3 is 7.60 Å². The first-order valence-corrected chi connectivity index (χ1v) is 8.12. The summed E-state index contributed by atoms with van der Waals surface area (Å²) in [6.45, 7) is 3.58. The maximum Gasteiger partial charge on any atom is 0.335 e. The van der Waals surface area contributed by atoms with E-state index in [1.165, 1.54) is 12.5 Å². The summed E-state index contributed by atoms with van der Waals surface area (Å²) in [5.74, 6) is 0.443. The molecule has 2 rings (SSSR count). The van der Waals surface area contributed by atoms with Crippen molar-refractivity contribution in [1.29, 1.82) is 0 Å². The summed E-state index contributed by atoms with van der Waals surface area (Å²) in [7, 11) is -4.28. The van der Waals surface area contributed by atoms with E-state index in [0.717, 1.165) is 0 Å². The van der Waals surface area contributed by atoms with E-state index in [2.05, 4.69) is 4.98 Å². The Morgan fingerprint density at radius 2 is 2.00 bits per heavy atom. The van der Waals surface area contributed by atoms with E-state index >= 15 is 0 Å². The van der Waals surface area contributed by atoms with Gasteiger partial charge in [-0.25, -0.2) is 4.98 Å². The van der Waals surface area contributed by atoms with Crippen molar-refractivity contribution in [2.75, 3.05) is 0 Å². The first-order valence-electron chi connectivity index (χ1n) is 6.50. The zero-order valence-corrected chi connectivity index (χ0v) is 12.4. The lowest BCUT2D eigenvalue weighted by atomic mass is 9.91. The Morgan fingerprint density at radius 3 is 2.50 bits per heavy atom. The fraction of sp³-hybridized carbons (Fsp3) is 0.357. The van der Waals surface area contributed by atoms with Gasteiger partial charge < -0.3 is 14.2 Å². The van der Waals surface area contributed by atoms with Gasteiger partial charge in [0.2, 0.25) is 5.89 Å². The van der Waals surface area contributed by atoms with E-state index in [1.807, 2.05) is 6.07 Å². The van der Waals surface area contributed by atoms with Crippen LogP contribution in [0.25, 0.3) is 11.5 Å². The van der Waals surface area contributed by atoms with Crippen molar-refractivity contribution < 1.29 is 18.8 Å². The Balaban J connectivity index is 2.56. The Morgan fingerprint density at radius 1 is 1.30 bits per heavy atom. The summed E-state index contributed by atoms with van der Waals surface area (Å²) in [5.41, 5.74) is 1.33. The SMILES string of the molecule is CCC(CC)(c1cccc(-c2ncco2)c1)P(=O)(O)O. The van der Waals surface area contributed by atoms with Crippen LogP contribution in [-0.4, -0.2) is 14.8 Å². The monoisotopic (exact) mass is 295 g/mol. The predicted octanol–water partition coefficient (Wildman–Crippen LogP) is 3.53. The molecular weight excluding hydrogens is 277 g/mol. The van der Waals surface area contributed by atoms with Gasteiger partial charge in [0, 0.05) is 5.56 Å². The Bertz CT molecular complexity index is 614. The van der Waals surface area contributed by atoms with Crippen LogP contribution in [0.3, 0.4) is 0 Å². The summed E-state index contributed by atoms with van der Waals surface area (Å²) in [5, 5.41) is -1.16. The Hall–Kier alpha value is -1.42. The van der Waals surface area contributed by atoms with Gasteiger partial charge in [-0.1, -0.05) is 26.0 Å². The van der Waals surface area contributed by atoms with Gasteiger partial charge in [0.25, 0.3) is 0 Å². The van der Waals surface area contributed by atoms with E-state index < -0.39 is 12.8 Å². The van der Waals surface area contributed by atoms with Crippen LogP contribution in [0.5, 0.6) is 0 Å². The molecule has 0 radical (unpaired) electrons.